The molecule has 0 spiro atoms. The van der Waals surface area contributed by atoms with Gasteiger partial charge in [-0.05, 0) is 60.7 Å². The Morgan fingerprint density at radius 3 is 2.70 bits per heavy atom. The predicted molar refractivity (Wildman–Crippen MR) is 134 cm³/mol. The first kappa shape index (κ1) is 22.8. The first-order valence-corrected chi connectivity index (χ1v) is 11.9. The van der Waals surface area contributed by atoms with Crippen LogP contribution < -0.4 is 0 Å². The van der Waals surface area contributed by atoms with E-state index in [0.717, 1.165) is 24.0 Å². The molecule has 0 aliphatic carbocycles. The highest BCUT2D eigenvalue weighted by atomic mass is 16.2. The summed E-state index contributed by atoms with van der Waals surface area (Å²) in [6.07, 6.45) is 5.25. The van der Waals surface area contributed by atoms with Crippen molar-refractivity contribution >= 4 is 22.4 Å². The molecule has 3 aromatic rings. The Morgan fingerprint density at radius 1 is 1.18 bits per heavy atom. The Hall–Kier alpha value is -3.36. The number of hydrogen-bond acceptors (Lipinski definition) is 3. The molecule has 0 saturated carbocycles. The molecule has 33 heavy (non-hydrogen) atoms. The van der Waals surface area contributed by atoms with Gasteiger partial charge in [-0.2, -0.15) is 5.26 Å². The Labute approximate surface area is 196 Å². The zero-order chi connectivity index (χ0) is 23.4. The number of hydrogen-bond donors (Lipinski definition) is 1. The number of carbonyl (C=O) groups is 1. The van der Waals surface area contributed by atoms with Crippen LogP contribution in [-0.2, 0) is 17.8 Å². The molecule has 5 nitrogen and oxygen atoms in total. The van der Waals surface area contributed by atoms with Crippen molar-refractivity contribution in [3.63, 3.8) is 0 Å². The van der Waals surface area contributed by atoms with Gasteiger partial charge in [-0.3, -0.25) is 9.69 Å². The lowest BCUT2D eigenvalue weighted by Gasteiger charge is -2.34. The minimum Gasteiger partial charge on any atom is -0.361 e. The lowest BCUT2D eigenvalue weighted by Crippen LogP contribution is -2.43. The average molecular weight is 441 g/mol. The molecule has 1 N–H and O–H groups in total. The summed E-state index contributed by atoms with van der Waals surface area (Å²) in [6, 6.07) is 16.4. The highest BCUT2D eigenvalue weighted by molar-refractivity contribution is 5.96. The normalized spacial score (nSPS) is 16.4. The zero-order valence-corrected chi connectivity index (χ0v) is 19.8. The van der Waals surface area contributed by atoms with Crippen LogP contribution in [0.3, 0.4) is 0 Å². The summed E-state index contributed by atoms with van der Waals surface area (Å²) in [5.74, 6) is -0.00277. The third kappa shape index (κ3) is 4.72. The van der Waals surface area contributed by atoms with Crippen molar-refractivity contribution < 1.29 is 4.79 Å². The van der Waals surface area contributed by atoms with E-state index in [4.69, 9.17) is 0 Å². The second kappa shape index (κ2) is 10.1. The largest absolute Gasteiger partial charge is 0.361 e. The Balaban J connectivity index is 1.73. The summed E-state index contributed by atoms with van der Waals surface area (Å²) in [5.41, 5.74) is 6.60. The fraction of sp³-hybridized carbons (Fsp3) is 0.357. The molecule has 0 fully saturated rings. The zero-order valence-electron chi connectivity index (χ0n) is 19.8. The van der Waals surface area contributed by atoms with Crippen LogP contribution in [0.5, 0.6) is 0 Å². The summed E-state index contributed by atoms with van der Waals surface area (Å²) >= 11 is 0. The van der Waals surface area contributed by atoms with Crippen LogP contribution in [0.1, 0.15) is 43.0 Å². The third-order valence-corrected chi connectivity index (χ3v) is 6.62. The average Bonchev–Trinajstić information content (AvgIpc) is 3.28. The molecule has 170 valence electrons. The summed E-state index contributed by atoms with van der Waals surface area (Å²) in [6.45, 7) is 9.83. The first-order valence-electron chi connectivity index (χ1n) is 11.9. The second-order valence-electron chi connectivity index (χ2n) is 8.69. The topological polar surface area (TPSA) is 63.1 Å². The van der Waals surface area contributed by atoms with E-state index in [1.807, 2.05) is 36.9 Å². The van der Waals surface area contributed by atoms with Gasteiger partial charge >= 0.3 is 0 Å². The Bertz CT molecular complexity index is 1210. The monoisotopic (exact) mass is 440 g/mol. The summed E-state index contributed by atoms with van der Waals surface area (Å²) in [5, 5.41) is 10.6. The lowest BCUT2D eigenvalue weighted by molar-refractivity contribution is -0.134. The van der Waals surface area contributed by atoms with E-state index in [0.29, 0.717) is 31.7 Å². The van der Waals surface area contributed by atoms with Gasteiger partial charge in [0.15, 0.2) is 0 Å². The van der Waals surface area contributed by atoms with Gasteiger partial charge in [-0.25, -0.2) is 0 Å². The van der Waals surface area contributed by atoms with Crippen LogP contribution in [0.15, 0.2) is 54.7 Å². The van der Waals surface area contributed by atoms with Crippen molar-refractivity contribution in [2.24, 2.45) is 5.92 Å². The van der Waals surface area contributed by atoms with Gasteiger partial charge < -0.3 is 9.88 Å². The summed E-state index contributed by atoms with van der Waals surface area (Å²) in [4.78, 5) is 21.0. The van der Waals surface area contributed by atoms with Gasteiger partial charge in [-0.15, -0.1) is 0 Å². The lowest BCUT2D eigenvalue weighted by atomic mass is 9.90. The van der Waals surface area contributed by atoms with E-state index in [9.17, 15) is 10.1 Å². The highest BCUT2D eigenvalue weighted by Gasteiger charge is 2.29. The van der Waals surface area contributed by atoms with Crippen LogP contribution in [-0.4, -0.2) is 46.9 Å². The van der Waals surface area contributed by atoms with Crippen LogP contribution in [0.4, 0.5) is 0 Å². The van der Waals surface area contributed by atoms with Crippen molar-refractivity contribution in [2.75, 3.05) is 26.2 Å². The fourth-order valence-corrected chi connectivity index (χ4v) is 4.95. The van der Waals surface area contributed by atoms with E-state index in [-0.39, 0.29) is 11.8 Å². The molecule has 0 bridgehead atoms. The number of benzene rings is 2. The highest BCUT2D eigenvalue weighted by Crippen LogP contribution is 2.33. The van der Waals surface area contributed by atoms with Crippen LogP contribution in [0, 0.1) is 17.2 Å². The molecule has 0 unspecified atom stereocenters. The van der Waals surface area contributed by atoms with Gasteiger partial charge in [0.05, 0.1) is 17.6 Å². The molecule has 1 amide bonds. The fourth-order valence-electron chi connectivity index (χ4n) is 4.95. The number of amides is 1. The summed E-state index contributed by atoms with van der Waals surface area (Å²) in [7, 11) is 0. The molecule has 0 saturated heterocycles. The third-order valence-electron chi connectivity index (χ3n) is 6.62. The Kier molecular flexibility index (Phi) is 6.96. The molecule has 2 aromatic carbocycles. The SMILES string of the molecule is CCc1c[nH]c2cccc(C3=C[C@@H](C(=O)N(CC)CC)CN(Cc4cccc(C#N)c4)C3)c12. The molecule has 2 heterocycles. The minimum atomic E-state index is -0.188. The van der Waals surface area contributed by atoms with Crippen molar-refractivity contribution in [3.8, 4) is 6.07 Å². The Morgan fingerprint density at radius 2 is 1.97 bits per heavy atom. The number of aryl methyl sites for hydroxylation is 1. The van der Waals surface area contributed by atoms with Crippen molar-refractivity contribution in [3.05, 3.63) is 77.0 Å². The van der Waals surface area contributed by atoms with Gasteiger partial charge in [0.2, 0.25) is 5.91 Å². The van der Waals surface area contributed by atoms with Crippen LogP contribution in [0.2, 0.25) is 0 Å². The van der Waals surface area contributed by atoms with Crippen LogP contribution >= 0.6 is 0 Å². The molecule has 1 aliphatic heterocycles. The minimum absolute atomic E-state index is 0.185. The van der Waals surface area contributed by atoms with E-state index in [1.54, 1.807) is 0 Å². The molecular weight excluding hydrogens is 408 g/mol. The standard InChI is InChI=1S/C28H32N4O/c1-4-22-16-30-26-12-8-11-25(27(22)26)23-14-24(28(33)32(5-2)6-3)19-31(18-23)17-21-10-7-9-20(13-21)15-29/h7-14,16,24,30H,4-6,17-19H2,1-3H3/t24-/m1/s1. The predicted octanol–water partition coefficient (Wildman–Crippen LogP) is 4.99. The van der Waals surface area contributed by atoms with Gasteiger partial charge in [0, 0.05) is 49.8 Å². The number of aromatic amines is 1. The van der Waals surface area contributed by atoms with E-state index >= 15 is 0 Å². The van der Waals surface area contributed by atoms with Gasteiger partial charge in [0.25, 0.3) is 0 Å². The van der Waals surface area contributed by atoms with Crippen molar-refractivity contribution in [1.29, 1.82) is 5.26 Å². The number of H-pyrrole nitrogens is 1. The molecule has 1 atom stereocenters. The smallest absolute Gasteiger partial charge is 0.230 e. The molecule has 4 rings (SSSR count). The van der Waals surface area contributed by atoms with E-state index in [1.165, 1.54) is 22.1 Å². The number of nitrogens with one attached hydrogen (secondary N) is 1. The number of nitriles is 1. The maximum Gasteiger partial charge on any atom is 0.230 e. The number of fused-ring (bicyclic) bond motifs is 1. The van der Waals surface area contributed by atoms with E-state index in [2.05, 4.69) is 59.4 Å². The van der Waals surface area contributed by atoms with E-state index < -0.39 is 0 Å². The molecule has 0 radical (unpaired) electrons. The maximum atomic E-state index is 13.4. The molecular formula is C28H32N4O. The number of aromatic nitrogens is 1. The van der Waals surface area contributed by atoms with Gasteiger partial charge in [0.1, 0.15) is 0 Å². The number of rotatable bonds is 7. The molecule has 1 aliphatic rings. The summed E-state index contributed by atoms with van der Waals surface area (Å²) < 4.78 is 0. The first-order chi connectivity index (χ1) is 16.1. The van der Waals surface area contributed by atoms with Crippen molar-refractivity contribution in [2.45, 2.75) is 33.7 Å². The van der Waals surface area contributed by atoms with Crippen LogP contribution in [0.25, 0.3) is 16.5 Å². The maximum absolute atomic E-state index is 13.4. The quantitative estimate of drug-likeness (QED) is 0.563. The molecule has 1 aromatic heterocycles. The molecule has 5 heteroatoms. The number of carbonyl (C=O) groups excluding carboxylic acids is 1. The number of nitrogens with zero attached hydrogens (tertiary/aromatic N) is 3. The van der Waals surface area contributed by atoms with Crippen molar-refractivity contribution in [1.82, 2.24) is 14.8 Å². The van der Waals surface area contributed by atoms with Gasteiger partial charge in [-0.1, -0.05) is 37.3 Å². The second-order valence-corrected chi connectivity index (χ2v) is 8.69.